The maximum absolute atomic E-state index is 12.7. The summed E-state index contributed by atoms with van der Waals surface area (Å²) < 4.78 is 64.8. The Labute approximate surface area is 187 Å². The van der Waals surface area contributed by atoms with E-state index in [4.69, 9.17) is 0 Å². The summed E-state index contributed by atoms with van der Waals surface area (Å²) in [6.07, 6.45) is -4.43. The normalized spacial score (nSPS) is 12.0. The van der Waals surface area contributed by atoms with E-state index in [1.165, 1.54) is 35.6 Å². The summed E-state index contributed by atoms with van der Waals surface area (Å²) >= 11 is 1.22. The third-order valence-corrected chi connectivity index (χ3v) is 6.84. The van der Waals surface area contributed by atoms with Crippen LogP contribution in [0.25, 0.3) is 10.6 Å². The molecule has 3 rings (SSSR count). The van der Waals surface area contributed by atoms with Gasteiger partial charge in [-0.1, -0.05) is 29.8 Å². The van der Waals surface area contributed by atoms with Crippen molar-refractivity contribution in [3.05, 3.63) is 70.7 Å². The molecule has 6 nitrogen and oxygen atoms in total. The molecule has 0 aliphatic heterocycles. The van der Waals surface area contributed by atoms with Gasteiger partial charge in [0.2, 0.25) is 15.9 Å². The number of thiazole rings is 1. The lowest BCUT2D eigenvalue weighted by molar-refractivity contribution is -0.137. The topological polar surface area (TPSA) is 88.2 Å². The molecule has 0 spiro atoms. The molecule has 1 amide bonds. The summed E-state index contributed by atoms with van der Waals surface area (Å²) in [5.41, 5.74) is 1.21. The van der Waals surface area contributed by atoms with Crippen LogP contribution in [0.5, 0.6) is 0 Å². The minimum absolute atomic E-state index is 0.0236. The van der Waals surface area contributed by atoms with Crippen LogP contribution in [0.4, 0.5) is 13.2 Å². The van der Waals surface area contributed by atoms with E-state index in [1.807, 2.05) is 6.92 Å². The Balaban J connectivity index is 1.48. The van der Waals surface area contributed by atoms with Crippen LogP contribution < -0.4 is 10.0 Å². The summed E-state index contributed by atoms with van der Waals surface area (Å²) in [5, 5.41) is 4.78. The molecule has 0 bridgehead atoms. The van der Waals surface area contributed by atoms with Crippen molar-refractivity contribution in [1.82, 2.24) is 15.0 Å². The first-order chi connectivity index (χ1) is 15.0. The highest BCUT2D eigenvalue weighted by Gasteiger charge is 2.30. The average Bonchev–Trinajstić information content (AvgIpc) is 3.19. The van der Waals surface area contributed by atoms with Crippen molar-refractivity contribution in [3.63, 3.8) is 0 Å². The van der Waals surface area contributed by atoms with E-state index in [0.717, 1.165) is 17.7 Å². The molecule has 0 atom stereocenters. The van der Waals surface area contributed by atoms with Crippen molar-refractivity contribution >= 4 is 27.3 Å². The Bertz CT molecular complexity index is 1170. The van der Waals surface area contributed by atoms with Crippen molar-refractivity contribution in [1.29, 1.82) is 0 Å². The third-order valence-electron chi connectivity index (χ3n) is 4.42. The molecular formula is C21H20F3N3O3S2. The van der Waals surface area contributed by atoms with Crippen LogP contribution >= 0.6 is 11.3 Å². The maximum Gasteiger partial charge on any atom is 0.416 e. The molecule has 11 heteroatoms. The third kappa shape index (κ3) is 6.38. The predicted molar refractivity (Wildman–Crippen MR) is 116 cm³/mol. The van der Waals surface area contributed by atoms with Gasteiger partial charge >= 0.3 is 6.18 Å². The van der Waals surface area contributed by atoms with Crippen LogP contribution in [0.2, 0.25) is 0 Å². The molecular weight excluding hydrogens is 463 g/mol. The second-order valence-corrected chi connectivity index (χ2v) is 9.58. The number of carbonyl (C=O) groups is 1. The molecule has 0 aliphatic carbocycles. The van der Waals surface area contributed by atoms with Crippen molar-refractivity contribution in [2.75, 3.05) is 13.1 Å². The van der Waals surface area contributed by atoms with Crippen molar-refractivity contribution < 1.29 is 26.4 Å². The molecule has 0 fully saturated rings. The molecule has 3 aromatic rings. The second-order valence-electron chi connectivity index (χ2n) is 6.96. The highest BCUT2D eigenvalue weighted by molar-refractivity contribution is 7.89. The number of aromatic nitrogens is 1. The molecule has 1 aromatic heterocycles. The van der Waals surface area contributed by atoms with E-state index in [1.54, 1.807) is 17.5 Å². The lowest BCUT2D eigenvalue weighted by Gasteiger charge is -2.08. The summed E-state index contributed by atoms with van der Waals surface area (Å²) in [6, 6.07) is 11.1. The van der Waals surface area contributed by atoms with Gasteiger partial charge in [0.1, 0.15) is 5.01 Å². The van der Waals surface area contributed by atoms with Crippen LogP contribution in [0.3, 0.4) is 0 Å². The van der Waals surface area contributed by atoms with Gasteiger partial charge in [-0.3, -0.25) is 4.79 Å². The molecule has 1 heterocycles. The van der Waals surface area contributed by atoms with Gasteiger partial charge in [0.05, 0.1) is 22.6 Å². The zero-order valence-electron chi connectivity index (χ0n) is 16.9. The fourth-order valence-corrected chi connectivity index (χ4v) is 4.60. The van der Waals surface area contributed by atoms with E-state index in [2.05, 4.69) is 15.0 Å². The standard InChI is InChI=1S/C21H20F3N3O3S2/c1-14-2-8-18(9-3-14)32(29,30)26-11-10-25-19(28)12-17-13-31-20(27-17)15-4-6-16(7-5-15)21(22,23)24/h2-9,13,26H,10-12H2,1H3,(H,25,28). The second kappa shape index (κ2) is 9.80. The van der Waals surface area contributed by atoms with E-state index in [-0.39, 0.29) is 30.3 Å². The zero-order chi connectivity index (χ0) is 23.4. The zero-order valence-corrected chi connectivity index (χ0v) is 18.6. The lowest BCUT2D eigenvalue weighted by Crippen LogP contribution is -2.35. The number of carbonyl (C=O) groups excluding carboxylic acids is 1. The summed E-state index contributed by atoms with van der Waals surface area (Å²) in [7, 11) is -3.66. The van der Waals surface area contributed by atoms with Crippen LogP contribution in [-0.2, 0) is 27.4 Å². The first kappa shape index (κ1) is 23.9. The molecule has 2 aromatic carbocycles. The van der Waals surface area contributed by atoms with Gasteiger partial charge in [-0.2, -0.15) is 13.2 Å². The summed E-state index contributed by atoms with van der Waals surface area (Å²) in [6.45, 7) is 1.98. The maximum atomic E-state index is 12.7. The Morgan fingerprint density at radius 3 is 2.31 bits per heavy atom. The fourth-order valence-electron chi connectivity index (χ4n) is 2.74. The van der Waals surface area contributed by atoms with Crippen LogP contribution in [0, 0.1) is 6.92 Å². The molecule has 2 N–H and O–H groups in total. The average molecular weight is 484 g/mol. The highest BCUT2D eigenvalue weighted by atomic mass is 32.2. The first-order valence-electron chi connectivity index (χ1n) is 9.50. The number of benzene rings is 2. The van der Waals surface area contributed by atoms with E-state index >= 15 is 0 Å². The number of aryl methyl sites for hydroxylation is 1. The van der Waals surface area contributed by atoms with Crippen molar-refractivity contribution in [2.45, 2.75) is 24.4 Å². The predicted octanol–water partition coefficient (Wildman–Crippen LogP) is 3.77. The Kier molecular flexibility index (Phi) is 7.32. The van der Waals surface area contributed by atoms with Gasteiger partial charge in [-0.05, 0) is 31.2 Å². The molecule has 0 saturated heterocycles. The van der Waals surface area contributed by atoms with Crippen LogP contribution in [0.15, 0.2) is 58.8 Å². The van der Waals surface area contributed by atoms with Crippen LogP contribution in [-0.4, -0.2) is 32.4 Å². The number of amides is 1. The quantitative estimate of drug-likeness (QED) is 0.478. The van der Waals surface area contributed by atoms with E-state index in [0.29, 0.717) is 16.3 Å². The number of halogens is 3. The molecule has 0 aliphatic rings. The molecule has 0 unspecified atom stereocenters. The van der Waals surface area contributed by atoms with Crippen molar-refractivity contribution in [3.8, 4) is 10.6 Å². The number of nitrogens with one attached hydrogen (secondary N) is 2. The van der Waals surface area contributed by atoms with Gasteiger partial charge in [-0.25, -0.2) is 18.1 Å². The van der Waals surface area contributed by atoms with Crippen LogP contribution in [0.1, 0.15) is 16.8 Å². The number of nitrogens with zero attached hydrogens (tertiary/aromatic N) is 1. The van der Waals surface area contributed by atoms with Gasteiger partial charge < -0.3 is 5.32 Å². The van der Waals surface area contributed by atoms with Gasteiger partial charge in [-0.15, -0.1) is 11.3 Å². The Morgan fingerprint density at radius 2 is 1.69 bits per heavy atom. The molecule has 170 valence electrons. The Morgan fingerprint density at radius 1 is 1.03 bits per heavy atom. The fraction of sp³-hybridized carbons (Fsp3) is 0.238. The molecule has 0 radical (unpaired) electrons. The van der Waals surface area contributed by atoms with E-state index in [9.17, 15) is 26.4 Å². The largest absolute Gasteiger partial charge is 0.416 e. The molecule has 0 saturated carbocycles. The minimum atomic E-state index is -4.40. The van der Waals surface area contributed by atoms with Gasteiger partial charge in [0.15, 0.2) is 0 Å². The summed E-state index contributed by atoms with van der Waals surface area (Å²) in [4.78, 5) is 16.5. The SMILES string of the molecule is Cc1ccc(S(=O)(=O)NCCNC(=O)Cc2csc(-c3ccc(C(F)(F)F)cc3)n2)cc1. The monoisotopic (exact) mass is 483 g/mol. The minimum Gasteiger partial charge on any atom is -0.354 e. The number of rotatable bonds is 8. The number of hydrogen-bond donors (Lipinski definition) is 2. The Hall–Kier alpha value is -2.76. The lowest BCUT2D eigenvalue weighted by atomic mass is 10.1. The number of alkyl halides is 3. The van der Waals surface area contributed by atoms with Gasteiger partial charge in [0.25, 0.3) is 0 Å². The van der Waals surface area contributed by atoms with Crippen molar-refractivity contribution in [2.24, 2.45) is 0 Å². The first-order valence-corrected chi connectivity index (χ1v) is 11.9. The number of sulfonamides is 1. The van der Waals surface area contributed by atoms with E-state index < -0.39 is 21.8 Å². The summed E-state index contributed by atoms with van der Waals surface area (Å²) in [5.74, 6) is -0.344. The molecule has 32 heavy (non-hydrogen) atoms. The van der Waals surface area contributed by atoms with Gasteiger partial charge in [0, 0.05) is 24.0 Å². The smallest absolute Gasteiger partial charge is 0.354 e. The number of hydrogen-bond acceptors (Lipinski definition) is 5. The highest BCUT2D eigenvalue weighted by Crippen LogP contribution is 2.31.